The Balaban J connectivity index is 1.22. The molecule has 0 amide bonds. The zero-order chi connectivity index (χ0) is 18.5. The van der Waals surface area contributed by atoms with Gasteiger partial charge in [0.1, 0.15) is 6.10 Å². The largest absolute Gasteiger partial charge is 0.462 e. The maximum absolute atomic E-state index is 12.6. The average molecular weight is 370 g/mol. The van der Waals surface area contributed by atoms with Crippen molar-refractivity contribution in [3.8, 4) is 0 Å². The van der Waals surface area contributed by atoms with Gasteiger partial charge in [0.15, 0.2) is 0 Å². The van der Waals surface area contributed by atoms with Crippen LogP contribution in [0.2, 0.25) is 0 Å². The molecule has 4 fully saturated rings. The third-order valence-electron chi connectivity index (χ3n) is 7.88. The Bertz CT molecular complexity index is 701. The molecular formula is C23H31NO3. The average Bonchev–Trinajstić information content (AvgIpc) is 3.36. The monoisotopic (exact) mass is 369 g/mol. The van der Waals surface area contributed by atoms with Crippen molar-refractivity contribution in [2.45, 2.75) is 57.2 Å². The summed E-state index contributed by atoms with van der Waals surface area (Å²) in [6.07, 6.45) is 6.95. The fraction of sp³-hybridized carbons (Fsp3) is 0.696. The third-order valence-corrected chi connectivity index (χ3v) is 7.88. The quantitative estimate of drug-likeness (QED) is 0.491. The highest BCUT2D eigenvalue weighted by molar-refractivity contribution is 5.75. The Morgan fingerprint density at radius 2 is 2.04 bits per heavy atom. The molecule has 1 aromatic carbocycles. The van der Waals surface area contributed by atoms with Crippen molar-refractivity contribution in [2.24, 2.45) is 23.2 Å². The minimum absolute atomic E-state index is 0.00745. The molecule has 0 unspecified atom stereocenters. The second-order valence-corrected chi connectivity index (χ2v) is 9.54. The lowest BCUT2D eigenvalue weighted by Crippen LogP contribution is -2.51. The van der Waals surface area contributed by atoms with Gasteiger partial charge in [0.2, 0.25) is 0 Å². The van der Waals surface area contributed by atoms with E-state index in [0.717, 1.165) is 39.0 Å². The van der Waals surface area contributed by atoms with Gasteiger partial charge in [-0.2, -0.15) is 0 Å². The molecule has 2 heterocycles. The second kappa shape index (κ2) is 6.59. The molecule has 27 heavy (non-hydrogen) atoms. The van der Waals surface area contributed by atoms with Crippen LogP contribution in [0.5, 0.6) is 0 Å². The van der Waals surface area contributed by atoms with Crippen LogP contribution in [0.3, 0.4) is 0 Å². The van der Waals surface area contributed by atoms with Gasteiger partial charge in [-0.1, -0.05) is 37.3 Å². The van der Waals surface area contributed by atoms with Crippen LogP contribution in [0.15, 0.2) is 30.3 Å². The normalized spacial score (nSPS) is 42.5. The smallest absolute Gasteiger partial charge is 0.310 e. The van der Waals surface area contributed by atoms with Gasteiger partial charge in [0.25, 0.3) is 0 Å². The highest BCUT2D eigenvalue weighted by Crippen LogP contribution is 2.62. The van der Waals surface area contributed by atoms with Gasteiger partial charge in [0, 0.05) is 12.5 Å². The number of benzene rings is 1. The number of carbonyl (C=O) groups excluding carboxylic acids is 1. The summed E-state index contributed by atoms with van der Waals surface area (Å²) in [6, 6.07) is 10.5. The zero-order valence-electron chi connectivity index (χ0n) is 16.3. The Morgan fingerprint density at radius 1 is 1.22 bits per heavy atom. The van der Waals surface area contributed by atoms with E-state index in [1.54, 1.807) is 0 Å². The standard InChI is InChI=1S/C23H31NO3/c1-22-9-5-10-23(15-26-23)20(22)12-17-18(21(25)27-19(17)13-22)14-24-11-8-16-6-3-2-4-7-16/h2-4,6-7,17-20,24H,5,8-15H2,1H3/t17-,18+,19-,20-,22-,23+/m1/s1. The van der Waals surface area contributed by atoms with Crippen molar-refractivity contribution in [2.75, 3.05) is 19.7 Å². The second-order valence-electron chi connectivity index (χ2n) is 9.54. The summed E-state index contributed by atoms with van der Waals surface area (Å²) in [5, 5.41) is 3.53. The summed E-state index contributed by atoms with van der Waals surface area (Å²) in [4.78, 5) is 12.6. The molecule has 4 aliphatic rings. The van der Waals surface area contributed by atoms with Crippen LogP contribution in [0.4, 0.5) is 0 Å². The summed E-state index contributed by atoms with van der Waals surface area (Å²) < 4.78 is 11.9. The number of nitrogens with one attached hydrogen (secondary N) is 1. The fourth-order valence-corrected chi connectivity index (χ4v) is 6.33. The van der Waals surface area contributed by atoms with Crippen molar-refractivity contribution >= 4 is 5.97 Å². The molecule has 0 aromatic heterocycles. The first kappa shape index (κ1) is 17.7. The summed E-state index contributed by atoms with van der Waals surface area (Å²) in [6.45, 7) is 4.98. The van der Waals surface area contributed by atoms with Gasteiger partial charge < -0.3 is 14.8 Å². The lowest BCUT2D eigenvalue weighted by molar-refractivity contribution is -0.147. The molecule has 1 aromatic rings. The molecule has 0 radical (unpaired) electrons. The first-order valence-corrected chi connectivity index (χ1v) is 10.7. The molecule has 5 rings (SSSR count). The van der Waals surface area contributed by atoms with Gasteiger partial charge in [-0.05, 0) is 62.0 Å². The zero-order valence-corrected chi connectivity index (χ0v) is 16.3. The van der Waals surface area contributed by atoms with E-state index in [9.17, 15) is 4.79 Å². The maximum Gasteiger partial charge on any atom is 0.310 e. The lowest BCUT2D eigenvalue weighted by atomic mass is 9.53. The van der Waals surface area contributed by atoms with Crippen LogP contribution in [-0.4, -0.2) is 37.4 Å². The Hall–Kier alpha value is -1.39. The van der Waals surface area contributed by atoms with E-state index in [2.05, 4.69) is 36.5 Å². The highest BCUT2D eigenvalue weighted by Gasteiger charge is 2.64. The molecular weight excluding hydrogens is 338 g/mol. The number of rotatable bonds is 5. The van der Waals surface area contributed by atoms with E-state index in [1.807, 2.05) is 6.07 Å². The molecule has 1 spiro atoms. The predicted octanol–water partition coefficient (Wildman–Crippen LogP) is 3.35. The molecule has 6 atom stereocenters. The topological polar surface area (TPSA) is 50.9 Å². The minimum Gasteiger partial charge on any atom is -0.462 e. The maximum atomic E-state index is 12.6. The molecule has 146 valence electrons. The van der Waals surface area contributed by atoms with Crippen molar-refractivity contribution in [1.29, 1.82) is 0 Å². The minimum atomic E-state index is 0.00745. The van der Waals surface area contributed by atoms with Crippen LogP contribution in [0.25, 0.3) is 0 Å². The van der Waals surface area contributed by atoms with Crippen molar-refractivity contribution in [3.63, 3.8) is 0 Å². The number of carbonyl (C=O) groups is 1. The summed E-state index contributed by atoms with van der Waals surface area (Å²) in [5.41, 5.74) is 1.75. The number of hydrogen-bond donors (Lipinski definition) is 1. The van der Waals surface area contributed by atoms with Crippen LogP contribution in [0.1, 0.15) is 44.6 Å². The molecule has 2 aliphatic heterocycles. The van der Waals surface area contributed by atoms with Gasteiger partial charge in [0.05, 0.1) is 18.1 Å². The molecule has 0 bridgehead atoms. The number of epoxide rings is 1. The van der Waals surface area contributed by atoms with E-state index in [-0.39, 0.29) is 29.0 Å². The summed E-state index contributed by atoms with van der Waals surface area (Å²) in [7, 11) is 0. The van der Waals surface area contributed by atoms with Gasteiger partial charge in [-0.25, -0.2) is 0 Å². The first-order chi connectivity index (χ1) is 13.1. The molecule has 2 saturated heterocycles. The van der Waals surface area contributed by atoms with Gasteiger partial charge in [-0.3, -0.25) is 4.79 Å². The molecule has 4 nitrogen and oxygen atoms in total. The number of esters is 1. The van der Waals surface area contributed by atoms with Crippen molar-refractivity contribution in [3.05, 3.63) is 35.9 Å². The van der Waals surface area contributed by atoms with E-state index in [0.29, 0.717) is 11.8 Å². The van der Waals surface area contributed by atoms with E-state index < -0.39 is 0 Å². The number of fused-ring (bicyclic) bond motifs is 3. The number of hydrogen-bond acceptors (Lipinski definition) is 4. The highest BCUT2D eigenvalue weighted by atomic mass is 16.6. The van der Waals surface area contributed by atoms with E-state index in [1.165, 1.54) is 24.8 Å². The predicted molar refractivity (Wildman–Crippen MR) is 103 cm³/mol. The molecule has 1 N–H and O–H groups in total. The van der Waals surface area contributed by atoms with E-state index in [4.69, 9.17) is 9.47 Å². The van der Waals surface area contributed by atoms with Crippen LogP contribution >= 0.6 is 0 Å². The van der Waals surface area contributed by atoms with Crippen molar-refractivity contribution in [1.82, 2.24) is 5.32 Å². The molecule has 2 aliphatic carbocycles. The molecule has 2 saturated carbocycles. The van der Waals surface area contributed by atoms with Crippen LogP contribution in [-0.2, 0) is 20.7 Å². The third kappa shape index (κ3) is 3.11. The fourth-order valence-electron chi connectivity index (χ4n) is 6.33. The first-order valence-electron chi connectivity index (χ1n) is 10.7. The van der Waals surface area contributed by atoms with Crippen LogP contribution < -0.4 is 5.32 Å². The SMILES string of the molecule is C[C@]12CCC[C@]3(CO3)[C@@H]1C[C@@H]1[C@H](CNCCc3ccccc3)C(=O)O[C@@H]1C2. The Labute approximate surface area is 162 Å². The number of ether oxygens (including phenoxy) is 2. The van der Waals surface area contributed by atoms with Crippen molar-refractivity contribution < 1.29 is 14.3 Å². The Morgan fingerprint density at radius 3 is 2.81 bits per heavy atom. The lowest BCUT2D eigenvalue weighted by Gasteiger charge is -2.51. The summed E-state index contributed by atoms with van der Waals surface area (Å²) >= 11 is 0. The van der Waals surface area contributed by atoms with Gasteiger partial charge >= 0.3 is 5.97 Å². The molecule has 4 heteroatoms. The van der Waals surface area contributed by atoms with Crippen LogP contribution in [0, 0.1) is 23.2 Å². The van der Waals surface area contributed by atoms with E-state index >= 15 is 0 Å². The Kier molecular flexibility index (Phi) is 4.32. The van der Waals surface area contributed by atoms with Gasteiger partial charge in [-0.15, -0.1) is 0 Å². The summed E-state index contributed by atoms with van der Waals surface area (Å²) in [5.74, 6) is 0.985.